The minimum atomic E-state index is 0.265. The Hall–Kier alpha value is -1.10. The van der Waals surface area contributed by atoms with E-state index < -0.39 is 0 Å². The van der Waals surface area contributed by atoms with Gasteiger partial charge in [-0.05, 0) is 86.7 Å². The van der Waals surface area contributed by atoms with E-state index in [4.69, 9.17) is 4.74 Å². The maximum Gasteiger partial charge on any atom is 0.119 e. The van der Waals surface area contributed by atoms with Gasteiger partial charge in [0.25, 0.3) is 0 Å². The van der Waals surface area contributed by atoms with Crippen LogP contribution in [0.25, 0.3) is 0 Å². The molecule has 3 atom stereocenters. The van der Waals surface area contributed by atoms with Crippen molar-refractivity contribution in [3.63, 3.8) is 0 Å². The van der Waals surface area contributed by atoms with Crippen molar-refractivity contribution in [3.05, 3.63) is 29.3 Å². The number of fused-ring (bicyclic) bond motifs is 3. The molecule has 4 rings (SSSR count). The van der Waals surface area contributed by atoms with Gasteiger partial charge in [-0.15, -0.1) is 0 Å². The van der Waals surface area contributed by atoms with Crippen LogP contribution < -0.4 is 10.2 Å². The van der Waals surface area contributed by atoms with Gasteiger partial charge in [0.15, 0.2) is 0 Å². The van der Waals surface area contributed by atoms with Crippen LogP contribution in [0.5, 0.6) is 5.75 Å². The van der Waals surface area contributed by atoms with Crippen LogP contribution >= 0.6 is 0 Å². The summed E-state index contributed by atoms with van der Waals surface area (Å²) in [5.41, 5.74) is 5.47. The third-order valence-corrected chi connectivity index (χ3v) is 6.34. The highest BCUT2D eigenvalue weighted by atomic mass is 16.5. The molecule has 2 aliphatic carbocycles. The highest BCUT2D eigenvalue weighted by molar-refractivity contribution is 5.38. The molecule has 2 bridgehead atoms. The maximum absolute atomic E-state index is 9.49. The first-order chi connectivity index (χ1) is 11.8. The number of rotatable bonds is 5. The second-order valence-electron chi connectivity index (χ2n) is 7.84. The average molecular weight is 330 g/mol. The zero-order valence-electron chi connectivity index (χ0n) is 14.5. The lowest BCUT2D eigenvalue weighted by molar-refractivity contribution is 0.0895. The molecule has 2 N–H and O–H groups in total. The van der Waals surface area contributed by atoms with Crippen LogP contribution in [-0.4, -0.2) is 42.4 Å². The first-order valence-corrected chi connectivity index (χ1v) is 9.70. The maximum atomic E-state index is 9.49. The lowest BCUT2D eigenvalue weighted by atomic mass is 9.93. The van der Waals surface area contributed by atoms with Gasteiger partial charge in [-0.25, -0.2) is 5.48 Å². The van der Waals surface area contributed by atoms with E-state index in [-0.39, 0.29) is 6.04 Å². The fourth-order valence-electron chi connectivity index (χ4n) is 4.96. The molecule has 4 nitrogen and oxygen atoms in total. The molecule has 1 saturated carbocycles. The second-order valence-corrected chi connectivity index (χ2v) is 7.84. The third-order valence-electron chi connectivity index (χ3n) is 6.34. The molecule has 132 valence electrons. The molecule has 1 aliphatic heterocycles. The molecule has 0 spiro atoms. The Labute approximate surface area is 145 Å². The summed E-state index contributed by atoms with van der Waals surface area (Å²) in [5.74, 6) is 2.15. The minimum absolute atomic E-state index is 0.265. The summed E-state index contributed by atoms with van der Waals surface area (Å²) >= 11 is 0. The highest BCUT2D eigenvalue weighted by Gasteiger charge is 2.38. The highest BCUT2D eigenvalue weighted by Crippen LogP contribution is 2.40. The van der Waals surface area contributed by atoms with Gasteiger partial charge in [0, 0.05) is 12.6 Å². The monoisotopic (exact) mass is 330 g/mol. The molecule has 2 fully saturated rings. The zero-order valence-corrected chi connectivity index (χ0v) is 14.5. The molecule has 24 heavy (non-hydrogen) atoms. The van der Waals surface area contributed by atoms with E-state index in [1.54, 1.807) is 0 Å². The number of hydrogen-bond acceptors (Lipinski definition) is 4. The molecular formula is C20H30N2O2. The van der Waals surface area contributed by atoms with Crippen molar-refractivity contribution in [3.8, 4) is 5.75 Å². The summed E-state index contributed by atoms with van der Waals surface area (Å²) in [7, 11) is 0. The summed E-state index contributed by atoms with van der Waals surface area (Å²) in [6.45, 7) is 4.28. The Morgan fingerprint density at radius 2 is 1.79 bits per heavy atom. The van der Waals surface area contributed by atoms with E-state index in [1.165, 1.54) is 56.3 Å². The molecule has 4 heteroatoms. The molecule has 1 saturated heterocycles. The van der Waals surface area contributed by atoms with Gasteiger partial charge in [-0.1, -0.05) is 12.5 Å². The number of likely N-dealkylation sites (tertiary alicyclic amines) is 1. The van der Waals surface area contributed by atoms with Gasteiger partial charge in [-0.2, -0.15) is 0 Å². The number of ether oxygens (including phenoxy) is 1. The Morgan fingerprint density at radius 1 is 1.04 bits per heavy atom. The van der Waals surface area contributed by atoms with Crippen molar-refractivity contribution in [2.75, 3.05) is 26.2 Å². The van der Waals surface area contributed by atoms with E-state index in [2.05, 4.69) is 28.6 Å². The van der Waals surface area contributed by atoms with Crippen molar-refractivity contribution >= 4 is 0 Å². The first-order valence-electron chi connectivity index (χ1n) is 9.70. The van der Waals surface area contributed by atoms with Crippen LogP contribution in [0.1, 0.15) is 43.2 Å². The zero-order chi connectivity index (χ0) is 16.4. The SMILES string of the molecule is ONC1[C@@H]2CC[C@H]1Cc1ccc(OCCN3CCCCC3)cc1C2. The standard InChI is InChI=1S/C20H30N2O2/c23-21-20-16-4-5-17(20)13-18-14-19(7-6-15(18)12-16)24-11-10-22-8-2-1-3-9-22/h6-7,14,16-17,20-21,23H,1-5,8-13H2/t16-,17+,20?/m0/s1. The van der Waals surface area contributed by atoms with E-state index in [0.29, 0.717) is 11.8 Å². The van der Waals surface area contributed by atoms with Crippen LogP contribution in [0.2, 0.25) is 0 Å². The number of nitrogens with zero attached hydrogens (tertiary/aromatic N) is 1. The molecule has 1 heterocycles. The molecule has 0 aromatic heterocycles. The molecule has 1 unspecified atom stereocenters. The van der Waals surface area contributed by atoms with Gasteiger partial charge in [0.1, 0.15) is 12.4 Å². The van der Waals surface area contributed by atoms with Crippen LogP contribution in [0.4, 0.5) is 0 Å². The Balaban J connectivity index is 1.37. The summed E-state index contributed by atoms with van der Waals surface area (Å²) in [6.07, 6.45) is 8.65. The first kappa shape index (κ1) is 16.4. The second kappa shape index (κ2) is 7.42. The normalized spacial score (nSPS) is 30.0. The number of piperidine rings is 1. The predicted octanol–water partition coefficient (Wildman–Crippen LogP) is 3.02. The van der Waals surface area contributed by atoms with Crippen LogP contribution in [0.15, 0.2) is 18.2 Å². The summed E-state index contributed by atoms with van der Waals surface area (Å²) in [5, 5.41) is 9.49. The van der Waals surface area contributed by atoms with Gasteiger partial charge in [0.05, 0.1) is 0 Å². The molecule has 3 aliphatic rings. The average Bonchev–Trinajstić information content (AvgIpc) is 2.90. The Morgan fingerprint density at radius 3 is 2.54 bits per heavy atom. The summed E-state index contributed by atoms with van der Waals surface area (Å²) in [4.78, 5) is 2.52. The molecule has 1 aromatic rings. The molecule has 0 amide bonds. The van der Waals surface area contributed by atoms with Gasteiger partial charge >= 0.3 is 0 Å². The number of hydrogen-bond donors (Lipinski definition) is 2. The lowest BCUT2D eigenvalue weighted by Crippen LogP contribution is -2.35. The van der Waals surface area contributed by atoms with Gasteiger partial charge in [-0.3, -0.25) is 4.90 Å². The number of hydroxylamine groups is 1. The van der Waals surface area contributed by atoms with Crippen molar-refractivity contribution < 1.29 is 9.94 Å². The van der Waals surface area contributed by atoms with Crippen LogP contribution in [0.3, 0.4) is 0 Å². The molecule has 1 aromatic carbocycles. The predicted molar refractivity (Wildman–Crippen MR) is 94.6 cm³/mol. The largest absolute Gasteiger partial charge is 0.492 e. The van der Waals surface area contributed by atoms with E-state index in [0.717, 1.165) is 31.7 Å². The van der Waals surface area contributed by atoms with Crippen molar-refractivity contribution in [1.82, 2.24) is 10.4 Å². The quantitative estimate of drug-likeness (QED) is 0.815. The molecule has 0 radical (unpaired) electrons. The Kier molecular flexibility index (Phi) is 5.06. The fraction of sp³-hybridized carbons (Fsp3) is 0.700. The number of benzene rings is 1. The van der Waals surface area contributed by atoms with Crippen molar-refractivity contribution in [1.29, 1.82) is 0 Å². The third kappa shape index (κ3) is 3.46. The van der Waals surface area contributed by atoms with Crippen molar-refractivity contribution in [2.45, 2.75) is 51.0 Å². The lowest BCUT2D eigenvalue weighted by Gasteiger charge is -2.26. The summed E-state index contributed by atoms with van der Waals surface area (Å²) < 4.78 is 6.04. The van der Waals surface area contributed by atoms with Gasteiger partial charge in [0.2, 0.25) is 0 Å². The van der Waals surface area contributed by atoms with Gasteiger partial charge < -0.3 is 9.94 Å². The Bertz CT molecular complexity index is 557. The van der Waals surface area contributed by atoms with Crippen LogP contribution in [-0.2, 0) is 12.8 Å². The van der Waals surface area contributed by atoms with E-state index in [1.807, 2.05) is 0 Å². The van der Waals surface area contributed by atoms with Crippen LogP contribution in [0, 0.1) is 11.8 Å². The van der Waals surface area contributed by atoms with E-state index in [9.17, 15) is 5.21 Å². The minimum Gasteiger partial charge on any atom is -0.492 e. The topological polar surface area (TPSA) is 44.7 Å². The molecular weight excluding hydrogens is 300 g/mol. The fourth-order valence-corrected chi connectivity index (χ4v) is 4.96. The number of nitrogens with one attached hydrogen (secondary N) is 1. The van der Waals surface area contributed by atoms with Crippen molar-refractivity contribution in [2.24, 2.45) is 11.8 Å². The summed E-state index contributed by atoms with van der Waals surface area (Å²) in [6, 6.07) is 6.90. The smallest absolute Gasteiger partial charge is 0.119 e. The van der Waals surface area contributed by atoms with E-state index >= 15 is 0 Å².